The van der Waals surface area contributed by atoms with Crippen LogP contribution in [0.1, 0.15) is 16.7 Å². The molecule has 2 aromatic rings. The Kier molecular flexibility index (Phi) is 4.79. The molecule has 1 N–H and O–H groups in total. The zero-order valence-corrected chi connectivity index (χ0v) is 11.4. The lowest BCUT2D eigenvalue weighted by molar-refractivity contribution is -0.138. The van der Waals surface area contributed by atoms with Crippen LogP contribution < -0.4 is 0 Å². The van der Waals surface area contributed by atoms with Crippen LogP contribution in [0.3, 0.4) is 0 Å². The van der Waals surface area contributed by atoms with Gasteiger partial charge in [-0.3, -0.25) is 0 Å². The highest BCUT2D eigenvalue weighted by atomic mass is 16.5. The molecular formula is C18H14O3. The van der Waals surface area contributed by atoms with Crippen molar-refractivity contribution in [2.45, 2.75) is 6.61 Å². The number of phenols is 1. The Hall–Kier alpha value is -2.99. The average molecular weight is 278 g/mol. The van der Waals surface area contributed by atoms with Gasteiger partial charge in [-0.2, -0.15) is 0 Å². The highest BCUT2D eigenvalue weighted by Gasteiger charge is 1.97. The van der Waals surface area contributed by atoms with Crippen LogP contribution in [0.5, 0.6) is 5.75 Å². The summed E-state index contributed by atoms with van der Waals surface area (Å²) in [6.07, 6.45) is 1.14. The minimum atomic E-state index is -0.439. The SMILES string of the molecule is C=CC(=O)OCc1ccc(C#Cc2ccc(O)cc2)cc1. The normalized spacial score (nSPS) is 9.33. The topological polar surface area (TPSA) is 46.5 Å². The predicted octanol–water partition coefficient (Wildman–Crippen LogP) is 3.02. The van der Waals surface area contributed by atoms with Gasteiger partial charge < -0.3 is 9.84 Å². The van der Waals surface area contributed by atoms with Crippen LogP contribution in [0.15, 0.2) is 61.2 Å². The molecular weight excluding hydrogens is 264 g/mol. The lowest BCUT2D eigenvalue weighted by Crippen LogP contribution is -1.99. The molecule has 2 aromatic carbocycles. The molecule has 0 heterocycles. The Bertz CT molecular complexity index is 686. The van der Waals surface area contributed by atoms with E-state index in [1.165, 1.54) is 0 Å². The van der Waals surface area contributed by atoms with E-state index in [2.05, 4.69) is 18.4 Å². The molecule has 0 saturated heterocycles. The van der Waals surface area contributed by atoms with E-state index >= 15 is 0 Å². The molecule has 3 nitrogen and oxygen atoms in total. The fraction of sp³-hybridized carbons (Fsp3) is 0.0556. The third kappa shape index (κ3) is 4.55. The van der Waals surface area contributed by atoms with Crippen molar-refractivity contribution in [1.82, 2.24) is 0 Å². The van der Waals surface area contributed by atoms with Gasteiger partial charge in [-0.1, -0.05) is 30.6 Å². The van der Waals surface area contributed by atoms with Crippen LogP contribution in [0.2, 0.25) is 0 Å². The molecule has 0 saturated carbocycles. The van der Waals surface area contributed by atoms with Gasteiger partial charge in [0.25, 0.3) is 0 Å². The van der Waals surface area contributed by atoms with E-state index in [1.807, 2.05) is 24.3 Å². The van der Waals surface area contributed by atoms with E-state index in [-0.39, 0.29) is 12.4 Å². The smallest absolute Gasteiger partial charge is 0.330 e. The van der Waals surface area contributed by atoms with Crippen molar-refractivity contribution in [2.75, 3.05) is 0 Å². The second-order valence-corrected chi connectivity index (χ2v) is 4.31. The number of hydrogen-bond donors (Lipinski definition) is 1. The van der Waals surface area contributed by atoms with E-state index in [0.29, 0.717) is 0 Å². The summed E-state index contributed by atoms with van der Waals surface area (Å²) < 4.78 is 4.94. The molecule has 0 amide bonds. The summed E-state index contributed by atoms with van der Waals surface area (Å²) in [6.45, 7) is 3.56. The second-order valence-electron chi connectivity index (χ2n) is 4.31. The molecule has 0 radical (unpaired) electrons. The Balaban J connectivity index is 2.01. The molecule has 0 spiro atoms. The monoisotopic (exact) mass is 278 g/mol. The summed E-state index contributed by atoms with van der Waals surface area (Å²) in [6, 6.07) is 14.2. The highest BCUT2D eigenvalue weighted by Crippen LogP contribution is 2.09. The third-order valence-electron chi connectivity index (χ3n) is 2.72. The average Bonchev–Trinajstić information content (AvgIpc) is 2.53. The lowest BCUT2D eigenvalue weighted by Gasteiger charge is -2.01. The molecule has 2 rings (SSSR count). The first-order valence-corrected chi connectivity index (χ1v) is 6.36. The van der Waals surface area contributed by atoms with Gasteiger partial charge in [0.1, 0.15) is 12.4 Å². The van der Waals surface area contributed by atoms with Crippen molar-refractivity contribution in [3.05, 3.63) is 77.9 Å². The molecule has 21 heavy (non-hydrogen) atoms. The van der Waals surface area contributed by atoms with Crippen LogP contribution in [-0.2, 0) is 16.1 Å². The van der Waals surface area contributed by atoms with Gasteiger partial charge in [0.15, 0.2) is 0 Å². The Morgan fingerprint density at radius 2 is 1.57 bits per heavy atom. The molecule has 0 bridgehead atoms. The van der Waals surface area contributed by atoms with Crippen LogP contribution in [0, 0.1) is 11.8 Å². The van der Waals surface area contributed by atoms with E-state index in [1.54, 1.807) is 24.3 Å². The summed E-state index contributed by atoms with van der Waals surface area (Å²) in [5.74, 6) is 5.82. The first-order valence-electron chi connectivity index (χ1n) is 6.36. The number of carbonyl (C=O) groups is 1. The molecule has 3 heteroatoms. The maximum absolute atomic E-state index is 11.0. The summed E-state index contributed by atoms with van der Waals surface area (Å²) in [4.78, 5) is 11.0. The zero-order valence-electron chi connectivity index (χ0n) is 11.4. The van der Waals surface area contributed by atoms with Gasteiger partial charge in [-0.25, -0.2) is 4.79 Å². The Labute approximate surface area is 123 Å². The summed E-state index contributed by atoms with van der Waals surface area (Å²) >= 11 is 0. The van der Waals surface area contributed by atoms with Gasteiger partial charge in [0.2, 0.25) is 0 Å². The largest absolute Gasteiger partial charge is 0.508 e. The van der Waals surface area contributed by atoms with Crippen molar-refractivity contribution in [2.24, 2.45) is 0 Å². The van der Waals surface area contributed by atoms with Crippen LogP contribution in [0.25, 0.3) is 0 Å². The molecule has 0 aliphatic carbocycles. The summed E-state index contributed by atoms with van der Waals surface area (Å²) in [5.41, 5.74) is 2.58. The standard InChI is InChI=1S/C18H14O3/c1-2-18(20)21-13-16-7-5-14(6-8-16)3-4-15-9-11-17(19)12-10-15/h2,5-12,19H,1,13H2. The van der Waals surface area contributed by atoms with Gasteiger partial charge in [-0.05, 0) is 42.0 Å². The van der Waals surface area contributed by atoms with Crippen LogP contribution >= 0.6 is 0 Å². The molecule has 0 aliphatic rings. The summed E-state index contributed by atoms with van der Waals surface area (Å²) in [7, 11) is 0. The number of esters is 1. The highest BCUT2D eigenvalue weighted by molar-refractivity contribution is 5.81. The Morgan fingerprint density at radius 3 is 2.10 bits per heavy atom. The molecule has 0 atom stereocenters. The number of hydrogen-bond acceptors (Lipinski definition) is 3. The molecule has 104 valence electrons. The predicted molar refractivity (Wildman–Crippen MR) is 80.5 cm³/mol. The molecule has 0 aromatic heterocycles. The Morgan fingerprint density at radius 1 is 1.05 bits per heavy atom. The number of carbonyl (C=O) groups excluding carboxylic acids is 1. The van der Waals surface area contributed by atoms with Crippen LogP contribution in [0.4, 0.5) is 0 Å². The van der Waals surface area contributed by atoms with Gasteiger partial charge >= 0.3 is 5.97 Å². The van der Waals surface area contributed by atoms with Crippen molar-refractivity contribution in [1.29, 1.82) is 0 Å². The van der Waals surface area contributed by atoms with Crippen LogP contribution in [-0.4, -0.2) is 11.1 Å². The summed E-state index contributed by atoms with van der Waals surface area (Å²) in [5, 5.41) is 9.19. The molecule has 0 aliphatic heterocycles. The minimum absolute atomic E-state index is 0.219. The van der Waals surface area contributed by atoms with E-state index in [4.69, 9.17) is 4.74 Å². The van der Waals surface area contributed by atoms with Crippen molar-refractivity contribution >= 4 is 5.97 Å². The number of aromatic hydroxyl groups is 1. The van der Waals surface area contributed by atoms with E-state index in [0.717, 1.165) is 22.8 Å². The lowest BCUT2D eigenvalue weighted by atomic mass is 10.1. The number of benzene rings is 2. The second kappa shape index (κ2) is 6.97. The number of phenolic OH excluding ortho intramolecular Hbond substituents is 1. The molecule has 0 unspecified atom stereocenters. The quantitative estimate of drug-likeness (QED) is 0.533. The number of ether oxygens (including phenoxy) is 1. The first-order chi connectivity index (χ1) is 10.2. The molecule has 0 fully saturated rings. The van der Waals surface area contributed by atoms with Gasteiger partial charge in [0.05, 0.1) is 0 Å². The van der Waals surface area contributed by atoms with Crippen molar-refractivity contribution < 1.29 is 14.6 Å². The van der Waals surface area contributed by atoms with Crippen molar-refractivity contribution in [3.8, 4) is 17.6 Å². The van der Waals surface area contributed by atoms with E-state index in [9.17, 15) is 9.90 Å². The third-order valence-corrected chi connectivity index (χ3v) is 2.72. The zero-order chi connectivity index (χ0) is 15.1. The van der Waals surface area contributed by atoms with Gasteiger partial charge in [0, 0.05) is 17.2 Å². The van der Waals surface area contributed by atoms with Gasteiger partial charge in [-0.15, -0.1) is 0 Å². The number of rotatable bonds is 3. The maximum atomic E-state index is 11.0. The maximum Gasteiger partial charge on any atom is 0.330 e. The fourth-order valence-corrected chi connectivity index (χ4v) is 1.59. The van der Waals surface area contributed by atoms with Crippen molar-refractivity contribution in [3.63, 3.8) is 0 Å². The minimum Gasteiger partial charge on any atom is -0.508 e. The fourth-order valence-electron chi connectivity index (χ4n) is 1.59. The first kappa shape index (κ1) is 14.4. The van der Waals surface area contributed by atoms with E-state index < -0.39 is 5.97 Å².